The topological polar surface area (TPSA) is 124 Å². The molecule has 4 heterocycles. The van der Waals surface area contributed by atoms with E-state index in [9.17, 15) is 13.2 Å². The van der Waals surface area contributed by atoms with Gasteiger partial charge in [0.25, 0.3) is 0 Å². The molecule has 2 aliphatic heterocycles. The number of ether oxygens (including phenoxy) is 2. The molecule has 186 valence electrons. The Hall–Kier alpha value is -2.96. The highest BCUT2D eigenvalue weighted by Crippen LogP contribution is 2.36. The number of hydrogen-bond acceptors (Lipinski definition) is 9. The average Bonchev–Trinajstić information content (AvgIpc) is 3.51. The van der Waals surface area contributed by atoms with Crippen molar-refractivity contribution in [2.24, 2.45) is 5.92 Å². The van der Waals surface area contributed by atoms with E-state index in [0.717, 1.165) is 0 Å². The number of amides is 1. The minimum Gasteiger partial charge on any atom is -0.486 e. The lowest BCUT2D eigenvalue weighted by molar-refractivity contribution is -0.120. The minimum absolute atomic E-state index is 0.128. The summed E-state index contributed by atoms with van der Waals surface area (Å²) in [6, 6.07) is 6.90. The second-order valence-corrected chi connectivity index (χ2v) is 11.6. The zero-order valence-corrected chi connectivity index (χ0v) is 21.1. The zero-order chi connectivity index (χ0) is 24.6. The van der Waals surface area contributed by atoms with Crippen molar-refractivity contribution in [2.75, 3.05) is 31.6 Å². The van der Waals surface area contributed by atoms with Crippen LogP contribution >= 0.6 is 11.3 Å². The molecular weight excluding hydrogens is 492 g/mol. The van der Waals surface area contributed by atoms with Crippen molar-refractivity contribution in [1.82, 2.24) is 14.4 Å². The number of thiophene rings is 1. The number of nitrogens with one attached hydrogen (secondary N) is 1. The second-order valence-electron chi connectivity index (χ2n) is 8.42. The van der Waals surface area contributed by atoms with E-state index >= 15 is 0 Å². The van der Waals surface area contributed by atoms with Gasteiger partial charge >= 0.3 is 0 Å². The molecule has 1 aromatic carbocycles. The molecule has 12 heteroatoms. The Balaban J connectivity index is 1.23. The molecule has 10 nitrogen and oxygen atoms in total. The number of aromatic nitrogens is 2. The van der Waals surface area contributed by atoms with Crippen molar-refractivity contribution in [3.05, 3.63) is 35.0 Å². The number of aryl methyl sites for hydroxylation is 2. The van der Waals surface area contributed by atoms with Crippen molar-refractivity contribution in [1.29, 1.82) is 0 Å². The van der Waals surface area contributed by atoms with E-state index < -0.39 is 10.0 Å². The Morgan fingerprint density at radius 2 is 1.91 bits per heavy atom. The molecule has 0 saturated carbocycles. The van der Waals surface area contributed by atoms with Gasteiger partial charge in [0, 0.05) is 42.1 Å². The van der Waals surface area contributed by atoms with Crippen LogP contribution in [0.3, 0.4) is 0 Å². The summed E-state index contributed by atoms with van der Waals surface area (Å²) in [7, 11) is -3.70. The van der Waals surface area contributed by atoms with Crippen LogP contribution in [0, 0.1) is 12.8 Å². The molecule has 0 radical (unpaired) electrons. The molecule has 35 heavy (non-hydrogen) atoms. The second kappa shape index (κ2) is 9.59. The SMILES string of the molecule is CCc1nc(-c2cc(S(=O)(=O)N3CCC(C(=O)Nc4ccc5c(c4)OCCO5)CC3)c(C)s2)no1. The smallest absolute Gasteiger partial charge is 0.244 e. The molecular formula is C23H26N4O6S2. The molecule has 1 saturated heterocycles. The number of anilines is 1. The van der Waals surface area contributed by atoms with Gasteiger partial charge in [-0.25, -0.2) is 8.42 Å². The van der Waals surface area contributed by atoms with Gasteiger partial charge < -0.3 is 19.3 Å². The molecule has 0 unspecified atom stereocenters. The van der Waals surface area contributed by atoms with Gasteiger partial charge in [-0.05, 0) is 38.0 Å². The fraction of sp³-hybridized carbons (Fsp3) is 0.435. The van der Waals surface area contributed by atoms with E-state index in [1.165, 1.54) is 15.6 Å². The minimum atomic E-state index is -3.70. The van der Waals surface area contributed by atoms with E-state index in [-0.39, 0.29) is 29.8 Å². The molecule has 2 aliphatic rings. The van der Waals surface area contributed by atoms with Crippen LogP contribution in [0.25, 0.3) is 10.7 Å². The lowest BCUT2D eigenvalue weighted by atomic mass is 9.97. The summed E-state index contributed by atoms with van der Waals surface area (Å²) >= 11 is 1.32. The van der Waals surface area contributed by atoms with Crippen molar-refractivity contribution >= 4 is 33.0 Å². The first-order chi connectivity index (χ1) is 16.8. The zero-order valence-electron chi connectivity index (χ0n) is 19.4. The first-order valence-corrected chi connectivity index (χ1v) is 13.7. The summed E-state index contributed by atoms with van der Waals surface area (Å²) in [4.78, 5) is 18.7. The Labute approximate surface area is 207 Å². The van der Waals surface area contributed by atoms with Crippen LogP contribution in [0.5, 0.6) is 11.5 Å². The molecule has 0 bridgehead atoms. The van der Waals surface area contributed by atoms with Crippen molar-refractivity contribution in [3.63, 3.8) is 0 Å². The molecule has 1 fully saturated rings. The number of hydrogen-bond donors (Lipinski definition) is 1. The van der Waals surface area contributed by atoms with Gasteiger partial charge in [0.15, 0.2) is 11.5 Å². The van der Waals surface area contributed by atoms with Gasteiger partial charge in [-0.1, -0.05) is 12.1 Å². The van der Waals surface area contributed by atoms with Gasteiger partial charge in [0.05, 0.1) is 9.77 Å². The number of rotatable bonds is 6. The highest BCUT2D eigenvalue weighted by Gasteiger charge is 2.34. The summed E-state index contributed by atoms with van der Waals surface area (Å²) in [5, 5.41) is 6.87. The monoisotopic (exact) mass is 518 g/mol. The molecule has 2 aromatic heterocycles. The van der Waals surface area contributed by atoms with Crippen LogP contribution in [0.4, 0.5) is 5.69 Å². The summed E-state index contributed by atoms with van der Waals surface area (Å²) in [6.45, 7) is 5.20. The maximum atomic E-state index is 13.4. The Bertz CT molecular complexity index is 1340. The third kappa shape index (κ3) is 4.78. The highest BCUT2D eigenvalue weighted by atomic mass is 32.2. The number of nitrogens with zero attached hydrogens (tertiary/aromatic N) is 3. The molecule has 0 aliphatic carbocycles. The third-order valence-corrected chi connectivity index (χ3v) is 9.32. The number of fused-ring (bicyclic) bond motifs is 1. The molecule has 0 spiro atoms. The normalized spacial score (nSPS) is 16.9. The largest absolute Gasteiger partial charge is 0.486 e. The average molecular weight is 519 g/mol. The molecule has 0 atom stereocenters. The predicted octanol–water partition coefficient (Wildman–Crippen LogP) is 3.48. The Morgan fingerprint density at radius 3 is 2.63 bits per heavy atom. The van der Waals surface area contributed by atoms with E-state index in [1.807, 2.05) is 6.92 Å². The summed E-state index contributed by atoms with van der Waals surface area (Å²) in [5.74, 6) is 1.76. The lowest BCUT2D eigenvalue weighted by Crippen LogP contribution is -2.41. The van der Waals surface area contributed by atoms with Crippen LogP contribution in [-0.2, 0) is 21.2 Å². The standard InChI is InChI=1S/C23H26N4O6S2/c1-3-21-25-22(26-33-21)19-13-20(14(2)34-19)35(29,30)27-8-6-15(7-9-27)23(28)24-16-4-5-17-18(12-16)32-11-10-31-17/h4-5,12-13,15H,3,6-11H2,1-2H3,(H,24,28). The van der Waals surface area contributed by atoms with Gasteiger partial charge in [-0.3, -0.25) is 4.79 Å². The van der Waals surface area contributed by atoms with Crippen LogP contribution in [0.1, 0.15) is 30.5 Å². The Morgan fingerprint density at radius 1 is 1.17 bits per heavy atom. The van der Waals surface area contributed by atoms with Crippen molar-refractivity contribution < 1.29 is 27.2 Å². The van der Waals surface area contributed by atoms with Gasteiger partial charge in [0.1, 0.15) is 13.2 Å². The van der Waals surface area contributed by atoms with Gasteiger partial charge in [0.2, 0.25) is 27.6 Å². The van der Waals surface area contributed by atoms with Gasteiger partial charge in [-0.15, -0.1) is 11.3 Å². The van der Waals surface area contributed by atoms with E-state index in [1.54, 1.807) is 31.2 Å². The first kappa shape index (κ1) is 23.8. The summed E-state index contributed by atoms with van der Waals surface area (Å²) in [6.07, 6.45) is 1.49. The van der Waals surface area contributed by atoms with Crippen LogP contribution in [0.15, 0.2) is 33.7 Å². The highest BCUT2D eigenvalue weighted by molar-refractivity contribution is 7.89. The molecule has 1 N–H and O–H groups in total. The third-order valence-electron chi connectivity index (χ3n) is 6.12. The fourth-order valence-corrected chi connectivity index (χ4v) is 7.15. The van der Waals surface area contributed by atoms with Crippen LogP contribution in [-0.4, -0.2) is 55.1 Å². The number of benzene rings is 1. The maximum Gasteiger partial charge on any atom is 0.244 e. The lowest BCUT2D eigenvalue weighted by Gasteiger charge is -2.30. The number of carbonyl (C=O) groups is 1. The van der Waals surface area contributed by atoms with E-state index in [0.29, 0.717) is 71.1 Å². The number of carbonyl (C=O) groups excluding carboxylic acids is 1. The molecule has 3 aromatic rings. The predicted molar refractivity (Wildman–Crippen MR) is 129 cm³/mol. The van der Waals surface area contributed by atoms with Crippen molar-refractivity contribution in [3.8, 4) is 22.2 Å². The quantitative estimate of drug-likeness (QED) is 0.526. The number of piperidine rings is 1. The van der Waals surface area contributed by atoms with E-state index in [4.69, 9.17) is 14.0 Å². The molecule has 5 rings (SSSR count). The fourth-order valence-electron chi connectivity index (χ4n) is 4.19. The van der Waals surface area contributed by atoms with Crippen LogP contribution < -0.4 is 14.8 Å². The number of sulfonamides is 1. The van der Waals surface area contributed by atoms with E-state index in [2.05, 4.69) is 15.5 Å². The Kier molecular flexibility index (Phi) is 6.51. The van der Waals surface area contributed by atoms with Gasteiger partial charge in [-0.2, -0.15) is 9.29 Å². The first-order valence-electron chi connectivity index (χ1n) is 11.5. The molecule has 1 amide bonds. The van der Waals surface area contributed by atoms with Crippen LogP contribution in [0.2, 0.25) is 0 Å². The summed E-state index contributed by atoms with van der Waals surface area (Å²) in [5.41, 5.74) is 0.628. The maximum absolute atomic E-state index is 13.4. The summed E-state index contributed by atoms with van der Waals surface area (Å²) < 4.78 is 44.4. The van der Waals surface area contributed by atoms with Crippen molar-refractivity contribution in [2.45, 2.75) is 38.0 Å².